The summed E-state index contributed by atoms with van der Waals surface area (Å²) in [6.07, 6.45) is 5.68. The maximum absolute atomic E-state index is 14.8. The van der Waals surface area contributed by atoms with Crippen LogP contribution in [0.15, 0.2) is 119 Å². The van der Waals surface area contributed by atoms with Crippen LogP contribution in [0.4, 0.5) is 8.78 Å². The first-order valence-electron chi connectivity index (χ1n) is 23.7. The van der Waals surface area contributed by atoms with Crippen molar-refractivity contribution in [2.24, 2.45) is 11.8 Å². The summed E-state index contributed by atoms with van der Waals surface area (Å²) < 4.78 is 34.5. The zero-order chi connectivity index (χ0) is 47.6. The highest BCUT2D eigenvalue weighted by molar-refractivity contribution is 5.96. The molecule has 13 nitrogen and oxygen atoms in total. The molecule has 2 aliphatic heterocycles. The zero-order valence-electron chi connectivity index (χ0n) is 38.4. The Bertz CT molecular complexity index is 3140. The SMILES string of the molecule is COc1ccc(CN(CC2CN(C(=O)c3cc(Cc4n[nH]c(=O)c5ccccc45)ccc3F)C2)C2CC2)cc1.O=C(c1cc(Cc2n[nH]c(=O)c3ccccc23)ccc1F)N1CC(CNC2CC2)C1. The highest BCUT2D eigenvalue weighted by Crippen LogP contribution is 2.32. The van der Waals surface area contributed by atoms with Crippen molar-refractivity contribution in [2.75, 3.05) is 46.4 Å². The number of H-pyrrole nitrogens is 2. The van der Waals surface area contributed by atoms with Crippen LogP contribution in [0.5, 0.6) is 5.75 Å². The van der Waals surface area contributed by atoms with Crippen molar-refractivity contribution >= 4 is 33.4 Å². The van der Waals surface area contributed by atoms with Crippen molar-refractivity contribution in [2.45, 2.75) is 57.2 Å². The lowest BCUT2D eigenvalue weighted by atomic mass is 9.96. The number of amides is 2. The number of aromatic nitrogens is 4. The number of fused-ring (bicyclic) bond motifs is 2. The molecule has 69 heavy (non-hydrogen) atoms. The van der Waals surface area contributed by atoms with E-state index in [1.54, 1.807) is 65.4 Å². The lowest BCUT2D eigenvalue weighted by Crippen LogP contribution is -2.54. The Hall–Kier alpha value is -7.10. The first kappa shape index (κ1) is 45.7. The van der Waals surface area contributed by atoms with E-state index >= 15 is 0 Å². The van der Waals surface area contributed by atoms with E-state index in [0.717, 1.165) is 47.3 Å². The fourth-order valence-corrected chi connectivity index (χ4v) is 9.45. The van der Waals surface area contributed by atoms with Crippen molar-refractivity contribution in [1.29, 1.82) is 0 Å². The van der Waals surface area contributed by atoms with E-state index in [-0.39, 0.29) is 34.1 Å². The Kier molecular flexibility index (Phi) is 13.1. The molecule has 4 heterocycles. The third kappa shape index (κ3) is 10.5. The maximum atomic E-state index is 14.8. The minimum absolute atomic E-state index is 0.0805. The number of nitrogens with one attached hydrogen (secondary N) is 3. The normalized spacial score (nSPS) is 16.0. The molecule has 11 rings (SSSR count). The third-order valence-electron chi connectivity index (χ3n) is 13.7. The van der Waals surface area contributed by atoms with E-state index in [4.69, 9.17) is 4.74 Å². The molecule has 354 valence electrons. The zero-order valence-corrected chi connectivity index (χ0v) is 38.4. The van der Waals surface area contributed by atoms with Crippen molar-refractivity contribution < 1.29 is 23.1 Å². The summed E-state index contributed by atoms with van der Waals surface area (Å²) in [7, 11) is 1.67. The van der Waals surface area contributed by atoms with Gasteiger partial charge >= 0.3 is 0 Å². The van der Waals surface area contributed by atoms with Gasteiger partial charge in [0.15, 0.2) is 0 Å². The molecule has 4 aliphatic rings. The van der Waals surface area contributed by atoms with Gasteiger partial charge in [0.25, 0.3) is 22.9 Å². The summed E-state index contributed by atoms with van der Waals surface area (Å²) in [6, 6.07) is 33.2. The second kappa shape index (κ2) is 19.9. The van der Waals surface area contributed by atoms with E-state index in [1.807, 2.05) is 36.4 Å². The van der Waals surface area contributed by atoms with Crippen molar-refractivity contribution in [3.05, 3.63) is 181 Å². The van der Waals surface area contributed by atoms with E-state index in [9.17, 15) is 28.0 Å². The Morgan fingerprint density at radius 3 is 1.61 bits per heavy atom. The predicted molar refractivity (Wildman–Crippen MR) is 259 cm³/mol. The number of hydrogen-bond acceptors (Lipinski definition) is 9. The largest absolute Gasteiger partial charge is 0.497 e. The van der Waals surface area contributed by atoms with Crippen LogP contribution < -0.4 is 21.2 Å². The summed E-state index contributed by atoms with van der Waals surface area (Å²) in [5.41, 5.74) is 3.83. The van der Waals surface area contributed by atoms with Crippen molar-refractivity contribution in [3.63, 3.8) is 0 Å². The summed E-state index contributed by atoms with van der Waals surface area (Å²) in [4.78, 5) is 56.1. The van der Waals surface area contributed by atoms with Gasteiger partial charge in [0.1, 0.15) is 17.4 Å². The average Bonchev–Trinajstić information content (AvgIpc) is 4.29. The summed E-state index contributed by atoms with van der Waals surface area (Å²) in [5, 5.41) is 19.6. The number of halogens is 2. The highest BCUT2D eigenvalue weighted by Gasteiger charge is 2.37. The van der Waals surface area contributed by atoms with Crippen LogP contribution in [0.3, 0.4) is 0 Å². The van der Waals surface area contributed by atoms with Crippen LogP contribution in [-0.2, 0) is 19.4 Å². The Morgan fingerprint density at radius 2 is 1.13 bits per heavy atom. The molecule has 0 atom stereocenters. The summed E-state index contributed by atoms with van der Waals surface area (Å²) >= 11 is 0. The monoisotopic (exact) mass is 932 g/mol. The quantitative estimate of drug-likeness (QED) is 0.0999. The molecule has 2 aliphatic carbocycles. The standard InChI is InChI=1S/C31H31FN4O3.C23H23FN4O2/c1-39-24-11-6-20(7-12-24)16-35(23-9-10-23)17-22-18-36(19-22)31(38)27-14-21(8-13-28(27)32)15-29-25-4-2-3-5-26(25)30(37)34-33-29;24-20-8-5-14(10-21-17-3-1-2-4-18(17)22(29)27-26-21)9-19(20)23(30)28-12-15(13-28)11-25-16-6-7-16/h2-8,11-14,22-23H,9-10,15-19H2,1H3,(H,34,37);1-5,8-9,15-16,25H,6-7,10-13H2,(H,27,29). The Labute approximate surface area is 397 Å². The van der Waals surface area contributed by atoms with Gasteiger partial charge in [0.05, 0.1) is 40.4 Å². The molecule has 2 aromatic heterocycles. The van der Waals surface area contributed by atoms with Gasteiger partial charge in [-0.25, -0.2) is 19.0 Å². The number of aromatic amines is 2. The fourth-order valence-electron chi connectivity index (χ4n) is 9.45. The minimum Gasteiger partial charge on any atom is -0.497 e. The smallest absolute Gasteiger partial charge is 0.272 e. The van der Waals surface area contributed by atoms with E-state index in [1.165, 1.54) is 43.4 Å². The molecule has 3 N–H and O–H groups in total. The van der Waals surface area contributed by atoms with Gasteiger partial charge in [-0.2, -0.15) is 10.2 Å². The number of hydrogen-bond donors (Lipinski definition) is 3. The second-order valence-corrected chi connectivity index (χ2v) is 18.9. The molecule has 2 saturated heterocycles. The third-order valence-corrected chi connectivity index (χ3v) is 13.7. The number of likely N-dealkylation sites (tertiary alicyclic amines) is 2. The molecular formula is C54H54F2N8O5. The van der Waals surface area contributed by atoms with Crippen LogP contribution in [0, 0.1) is 23.5 Å². The fraction of sp³-hybridized carbons (Fsp3) is 0.333. The average molecular weight is 933 g/mol. The topological polar surface area (TPSA) is 157 Å². The molecule has 0 unspecified atom stereocenters. The van der Waals surface area contributed by atoms with Gasteiger partial charge < -0.3 is 19.9 Å². The van der Waals surface area contributed by atoms with Gasteiger partial charge in [-0.3, -0.25) is 24.1 Å². The number of carbonyl (C=O) groups is 2. The summed E-state index contributed by atoms with van der Waals surface area (Å²) in [5.74, 6) is 0.0836. The molecule has 2 saturated carbocycles. The number of benzene rings is 5. The number of nitrogens with zero attached hydrogens (tertiary/aromatic N) is 5. The Balaban J connectivity index is 0.000000166. The number of methoxy groups -OCH3 is 1. The molecule has 0 radical (unpaired) electrons. The van der Waals surface area contributed by atoms with Crippen LogP contribution in [0.25, 0.3) is 21.5 Å². The van der Waals surface area contributed by atoms with Crippen LogP contribution in [0.2, 0.25) is 0 Å². The molecule has 0 bridgehead atoms. The lowest BCUT2D eigenvalue weighted by Gasteiger charge is -2.42. The number of ether oxygens (including phenoxy) is 1. The van der Waals surface area contributed by atoms with Gasteiger partial charge in [-0.1, -0.05) is 60.7 Å². The second-order valence-electron chi connectivity index (χ2n) is 18.9. The molecule has 15 heteroatoms. The van der Waals surface area contributed by atoms with E-state index in [0.29, 0.717) is 85.1 Å². The van der Waals surface area contributed by atoms with Crippen LogP contribution in [-0.4, -0.2) is 105 Å². The molecule has 0 spiro atoms. The van der Waals surface area contributed by atoms with Crippen LogP contribution in [0.1, 0.15) is 74.5 Å². The van der Waals surface area contributed by atoms with Gasteiger partial charge in [-0.15, -0.1) is 0 Å². The number of rotatable bonds is 15. The maximum Gasteiger partial charge on any atom is 0.272 e. The molecule has 7 aromatic rings. The first-order valence-corrected chi connectivity index (χ1v) is 23.7. The van der Waals surface area contributed by atoms with Crippen LogP contribution >= 0.6 is 0 Å². The molecular weight excluding hydrogens is 879 g/mol. The van der Waals surface area contributed by atoms with Crippen molar-refractivity contribution in [3.8, 4) is 5.75 Å². The van der Waals surface area contributed by atoms with Gasteiger partial charge in [-0.05, 0) is 90.9 Å². The molecule has 2 amide bonds. The lowest BCUT2D eigenvalue weighted by molar-refractivity contribution is 0.0391. The van der Waals surface area contributed by atoms with E-state index in [2.05, 4.69) is 42.7 Å². The van der Waals surface area contributed by atoms with Crippen molar-refractivity contribution in [1.82, 2.24) is 40.4 Å². The Morgan fingerprint density at radius 1 is 0.652 bits per heavy atom. The number of carbonyl (C=O) groups excluding carboxylic acids is 2. The summed E-state index contributed by atoms with van der Waals surface area (Å²) in [6.45, 7) is 5.29. The highest BCUT2D eigenvalue weighted by atomic mass is 19.1. The minimum atomic E-state index is -0.523. The van der Waals surface area contributed by atoms with Gasteiger partial charge in [0.2, 0.25) is 0 Å². The molecule has 5 aromatic carbocycles. The molecule has 4 fully saturated rings. The first-order chi connectivity index (χ1) is 33.6. The van der Waals surface area contributed by atoms with Gasteiger partial charge in [0, 0.05) is 93.3 Å². The van der Waals surface area contributed by atoms with E-state index < -0.39 is 11.6 Å². The predicted octanol–water partition coefficient (Wildman–Crippen LogP) is 6.88.